The standard InChI is InChI=1S/C26H27ClN2O6S/c1-17-13-18-7-5-6-8-21(18)29(17)26(30)16-28(22-14-19(27)9-11-23(22)33-2)36(31,32)20-10-12-24(34-3)25(15-20)35-4/h5-12,14-15,17H,13,16H2,1-4H3. The summed E-state index contributed by atoms with van der Waals surface area (Å²) >= 11 is 6.25. The zero-order valence-electron chi connectivity index (χ0n) is 20.4. The number of sulfonamides is 1. The van der Waals surface area contributed by atoms with Crippen LogP contribution in [0.1, 0.15) is 12.5 Å². The molecule has 0 spiro atoms. The average Bonchev–Trinajstić information content (AvgIpc) is 3.22. The summed E-state index contributed by atoms with van der Waals surface area (Å²) in [6, 6.07) is 16.4. The number of carbonyl (C=O) groups is 1. The first-order chi connectivity index (χ1) is 17.2. The average molecular weight is 531 g/mol. The van der Waals surface area contributed by atoms with Crippen molar-refractivity contribution in [2.75, 3.05) is 37.1 Å². The van der Waals surface area contributed by atoms with E-state index >= 15 is 0 Å². The number of fused-ring (bicyclic) bond motifs is 1. The van der Waals surface area contributed by atoms with Crippen LogP contribution >= 0.6 is 11.6 Å². The minimum atomic E-state index is -4.27. The van der Waals surface area contributed by atoms with Crippen molar-refractivity contribution < 1.29 is 27.4 Å². The van der Waals surface area contributed by atoms with Crippen molar-refractivity contribution in [1.29, 1.82) is 0 Å². The third-order valence-corrected chi connectivity index (χ3v) is 8.10. The highest BCUT2D eigenvalue weighted by atomic mass is 35.5. The molecule has 1 aliphatic heterocycles. The zero-order valence-corrected chi connectivity index (χ0v) is 22.0. The molecule has 0 aliphatic carbocycles. The van der Waals surface area contributed by atoms with Gasteiger partial charge in [0.1, 0.15) is 12.3 Å². The third-order valence-electron chi connectivity index (χ3n) is 6.11. The molecule has 1 heterocycles. The van der Waals surface area contributed by atoms with Gasteiger partial charge in [0.15, 0.2) is 11.5 Å². The normalized spacial score (nSPS) is 14.8. The maximum absolute atomic E-state index is 14.0. The molecule has 0 fully saturated rings. The molecule has 0 N–H and O–H groups in total. The van der Waals surface area contributed by atoms with Gasteiger partial charge in [-0.05, 0) is 55.3 Å². The number of rotatable bonds is 8. The van der Waals surface area contributed by atoms with Crippen LogP contribution in [0.5, 0.6) is 17.2 Å². The van der Waals surface area contributed by atoms with Gasteiger partial charge in [-0.1, -0.05) is 29.8 Å². The van der Waals surface area contributed by atoms with Crippen LogP contribution < -0.4 is 23.4 Å². The monoisotopic (exact) mass is 530 g/mol. The van der Waals surface area contributed by atoms with Crippen LogP contribution in [0.3, 0.4) is 0 Å². The van der Waals surface area contributed by atoms with Crippen LogP contribution in [-0.2, 0) is 21.2 Å². The Morgan fingerprint density at radius 1 is 0.972 bits per heavy atom. The molecule has 1 atom stereocenters. The molecule has 10 heteroatoms. The van der Waals surface area contributed by atoms with Crippen LogP contribution in [-0.4, -0.2) is 48.2 Å². The molecule has 190 valence electrons. The minimum Gasteiger partial charge on any atom is -0.495 e. The molecule has 36 heavy (non-hydrogen) atoms. The summed E-state index contributed by atoms with van der Waals surface area (Å²) < 4.78 is 45.1. The van der Waals surface area contributed by atoms with E-state index in [2.05, 4.69) is 0 Å². The van der Waals surface area contributed by atoms with E-state index in [0.717, 1.165) is 15.6 Å². The van der Waals surface area contributed by atoms with E-state index < -0.39 is 16.6 Å². The summed E-state index contributed by atoms with van der Waals surface area (Å²) in [4.78, 5) is 15.3. The number of nitrogens with zero attached hydrogens (tertiary/aromatic N) is 2. The second-order valence-electron chi connectivity index (χ2n) is 8.29. The van der Waals surface area contributed by atoms with Gasteiger partial charge in [0.25, 0.3) is 10.0 Å². The highest BCUT2D eigenvalue weighted by Crippen LogP contribution is 2.38. The minimum absolute atomic E-state index is 0.0788. The number of ether oxygens (including phenoxy) is 3. The fourth-order valence-corrected chi connectivity index (χ4v) is 6.01. The first kappa shape index (κ1) is 25.7. The Bertz CT molecular complexity index is 1390. The largest absolute Gasteiger partial charge is 0.495 e. The van der Waals surface area contributed by atoms with Gasteiger partial charge in [-0.15, -0.1) is 0 Å². The van der Waals surface area contributed by atoms with Crippen LogP contribution in [0.4, 0.5) is 11.4 Å². The van der Waals surface area contributed by atoms with E-state index in [4.69, 9.17) is 25.8 Å². The van der Waals surface area contributed by atoms with Crippen molar-refractivity contribution in [3.63, 3.8) is 0 Å². The van der Waals surface area contributed by atoms with Gasteiger partial charge in [0.2, 0.25) is 5.91 Å². The topological polar surface area (TPSA) is 85.4 Å². The van der Waals surface area contributed by atoms with Crippen molar-refractivity contribution in [1.82, 2.24) is 0 Å². The van der Waals surface area contributed by atoms with E-state index in [9.17, 15) is 13.2 Å². The summed E-state index contributed by atoms with van der Waals surface area (Å²) in [6.45, 7) is 1.47. The van der Waals surface area contributed by atoms with Crippen LogP contribution in [0.25, 0.3) is 0 Å². The quantitative estimate of drug-likeness (QED) is 0.425. The number of hydrogen-bond donors (Lipinski definition) is 0. The molecule has 0 saturated heterocycles. The number of hydrogen-bond acceptors (Lipinski definition) is 6. The number of amides is 1. The smallest absolute Gasteiger partial charge is 0.265 e. The number of anilines is 2. The lowest BCUT2D eigenvalue weighted by Gasteiger charge is -2.29. The van der Waals surface area contributed by atoms with E-state index in [1.807, 2.05) is 31.2 Å². The molecule has 8 nitrogen and oxygen atoms in total. The second-order valence-corrected chi connectivity index (χ2v) is 10.6. The Hall–Kier alpha value is -3.43. The first-order valence-corrected chi connectivity index (χ1v) is 13.0. The summed E-state index contributed by atoms with van der Waals surface area (Å²) in [7, 11) is 0.0359. The van der Waals surface area contributed by atoms with Gasteiger partial charge >= 0.3 is 0 Å². The van der Waals surface area contributed by atoms with Gasteiger partial charge in [-0.25, -0.2) is 8.42 Å². The Kier molecular flexibility index (Phi) is 7.33. The molecule has 1 amide bonds. The molecular formula is C26H27ClN2O6S. The summed E-state index contributed by atoms with van der Waals surface area (Å²) in [5.74, 6) is 0.497. The second kappa shape index (κ2) is 10.3. The van der Waals surface area contributed by atoms with E-state index in [-0.39, 0.29) is 34.0 Å². The lowest BCUT2D eigenvalue weighted by Crippen LogP contribution is -2.45. The Labute approximate surface area is 216 Å². The van der Waals surface area contributed by atoms with Gasteiger partial charge in [0.05, 0.1) is 31.9 Å². The number of para-hydroxylation sites is 1. The van der Waals surface area contributed by atoms with Gasteiger partial charge in [-0.2, -0.15) is 0 Å². The Morgan fingerprint density at radius 3 is 2.33 bits per heavy atom. The molecule has 3 aromatic carbocycles. The van der Waals surface area contributed by atoms with E-state index in [1.165, 1.54) is 45.6 Å². The highest BCUT2D eigenvalue weighted by molar-refractivity contribution is 7.92. The predicted molar refractivity (Wildman–Crippen MR) is 139 cm³/mol. The highest BCUT2D eigenvalue weighted by Gasteiger charge is 2.36. The molecule has 1 unspecified atom stereocenters. The van der Waals surface area contributed by atoms with E-state index in [0.29, 0.717) is 17.2 Å². The van der Waals surface area contributed by atoms with Crippen molar-refractivity contribution in [2.45, 2.75) is 24.3 Å². The predicted octanol–water partition coefficient (Wildman–Crippen LogP) is 4.54. The summed E-state index contributed by atoms with van der Waals surface area (Å²) in [6.07, 6.45) is 0.685. The van der Waals surface area contributed by atoms with Gasteiger partial charge in [-0.3, -0.25) is 9.10 Å². The van der Waals surface area contributed by atoms with Crippen molar-refractivity contribution in [3.05, 3.63) is 71.2 Å². The summed E-state index contributed by atoms with van der Waals surface area (Å²) in [5.41, 5.74) is 1.96. The van der Waals surface area contributed by atoms with Crippen molar-refractivity contribution in [2.24, 2.45) is 0 Å². The molecule has 0 aromatic heterocycles. The van der Waals surface area contributed by atoms with E-state index in [1.54, 1.807) is 17.0 Å². The lowest BCUT2D eigenvalue weighted by atomic mass is 10.1. The maximum Gasteiger partial charge on any atom is 0.265 e. The van der Waals surface area contributed by atoms with Crippen LogP contribution in [0, 0.1) is 0 Å². The van der Waals surface area contributed by atoms with Crippen molar-refractivity contribution >= 4 is 38.9 Å². The van der Waals surface area contributed by atoms with Crippen LogP contribution in [0.2, 0.25) is 5.02 Å². The SMILES string of the molecule is COc1ccc(S(=O)(=O)N(CC(=O)N2c3ccccc3CC2C)c2cc(Cl)ccc2OC)cc1OC. The number of halogens is 1. The van der Waals surface area contributed by atoms with Crippen molar-refractivity contribution in [3.8, 4) is 17.2 Å². The molecule has 4 rings (SSSR count). The number of carbonyl (C=O) groups excluding carboxylic acids is 1. The molecule has 3 aromatic rings. The molecule has 1 aliphatic rings. The fraction of sp³-hybridized carbons (Fsp3) is 0.269. The molecule has 0 saturated carbocycles. The first-order valence-electron chi connectivity index (χ1n) is 11.2. The van der Waals surface area contributed by atoms with Crippen LogP contribution in [0.15, 0.2) is 65.6 Å². The zero-order chi connectivity index (χ0) is 26.0. The summed E-state index contributed by atoms with van der Waals surface area (Å²) in [5, 5.41) is 0.297. The fourth-order valence-electron chi connectivity index (χ4n) is 4.41. The maximum atomic E-state index is 14.0. The third kappa shape index (κ3) is 4.68. The molecule has 0 radical (unpaired) electrons. The molecular weight excluding hydrogens is 504 g/mol. The Balaban J connectivity index is 1.82. The number of methoxy groups -OCH3 is 3. The number of benzene rings is 3. The van der Waals surface area contributed by atoms with Gasteiger partial charge < -0.3 is 19.1 Å². The lowest BCUT2D eigenvalue weighted by molar-refractivity contribution is -0.117. The Morgan fingerprint density at radius 2 is 1.64 bits per heavy atom. The molecule has 0 bridgehead atoms. The van der Waals surface area contributed by atoms with Gasteiger partial charge in [0, 0.05) is 22.8 Å².